The molecule has 1 spiro atoms. The van der Waals surface area contributed by atoms with Crippen molar-refractivity contribution in [3.8, 4) is 0 Å². The Hall–Kier alpha value is -2.65. The van der Waals surface area contributed by atoms with E-state index in [0.717, 1.165) is 50.3 Å². The number of aryl methyl sites for hydroxylation is 1. The zero-order valence-corrected chi connectivity index (χ0v) is 25.1. The van der Waals surface area contributed by atoms with Crippen LogP contribution in [0.1, 0.15) is 74.5 Å². The fraction of sp³-hybridized carbons (Fsp3) is 0.389. The van der Waals surface area contributed by atoms with Crippen molar-refractivity contribution in [3.05, 3.63) is 118 Å². The maximum Gasteiger partial charge on any atom is 0.0966 e. The number of piperidine rings is 1. The Kier molecular flexibility index (Phi) is 10.2. The molecule has 6 rings (SSSR count). The number of hydrogen-bond donors (Lipinski definition) is 0. The molecular weight excluding hydrogens is 498 g/mol. The van der Waals surface area contributed by atoms with Crippen LogP contribution in [-0.2, 0) is 23.2 Å². The van der Waals surface area contributed by atoms with E-state index >= 15 is 0 Å². The molecule has 0 radical (unpaired) electrons. The fourth-order valence-corrected chi connectivity index (χ4v) is 6.36. The lowest BCUT2D eigenvalue weighted by Gasteiger charge is -2.47. The van der Waals surface area contributed by atoms with Crippen molar-refractivity contribution in [2.45, 2.75) is 72.0 Å². The number of hydrogen-bond acceptors (Lipinski definition) is 2. The van der Waals surface area contributed by atoms with E-state index in [1.165, 1.54) is 38.6 Å². The maximum absolute atomic E-state index is 7.01. The second-order valence-corrected chi connectivity index (χ2v) is 10.7. The van der Waals surface area contributed by atoms with Gasteiger partial charge in [0.1, 0.15) is 0 Å². The summed E-state index contributed by atoms with van der Waals surface area (Å²) in [5, 5.41) is 3.44. The minimum Gasteiger partial charge on any atom is -0.362 e. The standard InChI is InChI=1S/C32H32ClNO.2C2H6/c1-23-18-28(21-29(33)19-23)31-22-27-8-4-5-9-30(27)32(35-31)13-16-34(17-14-32)15-12-24-10-11-25-6-2-3-7-26(25)20-24;2*1-2/h2-11,18-21,31H,12-17,22H2,1H3;2*1-2H3. The van der Waals surface area contributed by atoms with E-state index in [2.05, 4.69) is 90.7 Å². The first-order valence-electron chi connectivity index (χ1n) is 14.8. The summed E-state index contributed by atoms with van der Waals surface area (Å²) in [6, 6.07) is 30.7. The van der Waals surface area contributed by atoms with E-state index in [0.29, 0.717) is 0 Å². The van der Waals surface area contributed by atoms with Crippen molar-refractivity contribution in [1.82, 2.24) is 4.90 Å². The zero-order chi connectivity index (χ0) is 27.8. The average molecular weight is 542 g/mol. The summed E-state index contributed by atoms with van der Waals surface area (Å²) in [7, 11) is 0. The summed E-state index contributed by atoms with van der Waals surface area (Å²) in [6.45, 7) is 13.3. The predicted molar refractivity (Wildman–Crippen MR) is 168 cm³/mol. The van der Waals surface area contributed by atoms with Crippen molar-refractivity contribution < 1.29 is 4.74 Å². The van der Waals surface area contributed by atoms with Crippen LogP contribution in [0.4, 0.5) is 0 Å². The van der Waals surface area contributed by atoms with Crippen LogP contribution in [0.25, 0.3) is 10.8 Å². The van der Waals surface area contributed by atoms with Gasteiger partial charge in [0.15, 0.2) is 0 Å². The number of ether oxygens (including phenoxy) is 1. The van der Waals surface area contributed by atoms with Crippen LogP contribution >= 0.6 is 11.6 Å². The predicted octanol–water partition coefficient (Wildman–Crippen LogP) is 9.70. The van der Waals surface area contributed by atoms with Crippen LogP contribution in [0.2, 0.25) is 5.02 Å². The smallest absolute Gasteiger partial charge is 0.0966 e. The van der Waals surface area contributed by atoms with Gasteiger partial charge in [0, 0.05) is 31.1 Å². The maximum atomic E-state index is 7.01. The van der Waals surface area contributed by atoms with E-state index < -0.39 is 0 Å². The molecule has 1 fully saturated rings. The molecule has 2 aliphatic heterocycles. The van der Waals surface area contributed by atoms with Gasteiger partial charge in [-0.1, -0.05) is 112 Å². The molecule has 39 heavy (non-hydrogen) atoms. The molecule has 1 atom stereocenters. The number of rotatable bonds is 4. The SMILES string of the molecule is CC.CC.Cc1cc(Cl)cc(C2Cc3ccccc3C3(CCN(CCc4ccc5ccccc5c4)CC3)O2)c1. The van der Waals surface area contributed by atoms with Crippen molar-refractivity contribution in [2.24, 2.45) is 0 Å². The minimum atomic E-state index is -0.213. The van der Waals surface area contributed by atoms with Gasteiger partial charge in [-0.25, -0.2) is 0 Å². The third kappa shape index (κ3) is 6.74. The lowest BCUT2D eigenvalue weighted by molar-refractivity contribution is -0.142. The molecule has 0 N–H and O–H groups in total. The van der Waals surface area contributed by atoms with Gasteiger partial charge in [-0.3, -0.25) is 0 Å². The molecule has 206 valence electrons. The van der Waals surface area contributed by atoms with Gasteiger partial charge in [-0.05, 0) is 76.9 Å². The molecule has 0 amide bonds. The van der Waals surface area contributed by atoms with Crippen LogP contribution in [0.3, 0.4) is 0 Å². The van der Waals surface area contributed by atoms with E-state index in [4.69, 9.17) is 16.3 Å². The number of nitrogens with zero attached hydrogens (tertiary/aromatic N) is 1. The highest BCUT2D eigenvalue weighted by molar-refractivity contribution is 6.30. The lowest BCUT2D eigenvalue weighted by Crippen LogP contribution is -2.47. The first-order chi connectivity index (χ1) is 19.1. The molecule has 0 bridgehead atoms. The quantitative estimate of drug-likeness (QED) is 0.255. The van der Waals surface area contributed by atoms with Crippen LogP contribution in [-0.4, -0.2) is 24.5 Å². The molecule has 0 aliphatic carbocycles. The van der Waals surface area contributed by atoms with Gasteiger partial charge in [0.2, 0.25) is 0 Å². The van der Waals surface area contributed by atoms with E-state index in [9.17, 15) is 0 Å². The largest absolute Gasteiger partial charge is 0.362 e. The zero-order valence-electron chi connectivity index (χ0n) is 24.3. The minimum absolute atomic E-state index is 0.0476. The summed E-state index contributed by atoms with van der Waals surface area (Å²) in [5.41, 5.74) is 6.40. The van der Waals surface area contributed by atoms with E-state index in [1.54, 1.807) is 0 Å². The monoisotopic (exact) mass is 541 g/mol. The van der Waals surface area contributed by atoms with Crippen LogP contribution in [0.15, 0.2) is 84.9 Å². The second kappa shape index (κ2) is 13.6. The van der Waals surface area contributed by atoms with E-state index in [-0.39, 0.29) is 11.7 Å². The van der Waals surface area contributed by atoms with E-state index in [1.807, 2.05) is 33.8 Å². The number of benzene rings is 4. The highest BCUT2D eigenvalue weighted by atomic mass is 35.5. The molecule has 4 aromatic rings. The van der Waals surface area contributed by atoms with Gasteiger partial charge in [-0.15, -0.1) is 0 Å². The van der Waals surface area contributed by atoms with Gasteiger partial charge < -0.3 is 9.64 Å². The molecule has 0 aromatic heterocycles. The third-order valence-corrected chi connectivity index (χ3v) is 8.13. The molecule has 1 saturated heterocycles. The molecule has 2 heterocycles. The topological polar surface area (TPSA) is 12.5 Å². The van der Waals surface area contributed by atoms with Crippen molar-refractivity contribution >= 4 is 22.4 Å². The van der Waals surface area contributed by atoms with Gasteiger partial charge in [0.25, 0.3) is 0 Å². The number of fused-ring (bicyclic) bond motifs is 3. The summed E-state index contributed by atoms with van der Waals surface area (Å²) in [4.78, 5) is 2.61. The van der Waals surface area contributed by atoms with Crippen LogP contribution in [0.5, 0.6) is 0 Å². The molecule has 1 unspecified atom stereocenters. The summed E-state index contributed by atoms with van der Waals surface area (Å²) in [5.74, 6) is 0. The second-order valence-electron chi connectivity index (χ2n) is 10.3. The molecule has 2 aliphatic rings. The Balaban J connectivity index is 0.000000845. The third-order valence-electron chi connectivity index (χ3n) is 7.91. The summed E-state index contributed by atoms with van der Waals surface area (Å²) >= 11 is 6.42. The Labute approximate surface area is 241 Å². The fourth-order valence-electron chi connectivity index (χ4n) is 6.06. The average Bonchev–Trinajstić information content (AvgIpc) is 2.98. The van der Waals surface area contributed by atoms with Gasteiger partial charge >= 0.3 is 0 Å². The van der Waals surface area contributed by atoms with Gasteiger partial charge in [-0.2, -0.15) is 0 Å². The Morgan fingerprint density at radius 1 is 0.821 bits per heavy atom. The lowest BCUT2D eigenvalue weighted by atomic mass is 9.77. The molecule has 4 aromatic carbocycles. The molecular formula is C36H44ClNO. The summed E-state index contributed by atoms with van der Waals surface area (Å²) in [6.07, 6.45) is 4.09. The van der Waals surface area contributed by atoms with Gasteiger partial charge in [0.05, 0.1) is 11.7 Å². The number of likely N-dealkylation sites (tertiary alicyclic amines) is 1. The molecule has 0 saturated carbocycles. The Bertz CT molecular complexity index is 1340. The highest BCUT2D eigenvalue weighted by Crippen LogP contribution is 2.47. The Morgan fingerprint density at radius 3 is 2.26 bits per heavy atom. The van der Waals surface area contributed by atoms with Crippen LogP contribution in [0, 0.1) is 6.92 Å². The molecule has 2 nitrogen and oxygen atoms in total. The van der Waals surface area contributed by atoms with Crippen LogP contribution < -0.4 is 0 Å². The van der Waals surface area contributed by atoms with Crippen molar-refractivity contribution in [3.63, 3.8) is 0 Å². The first-order valence-corrected chi connectivity index (χ1v) is 15.2. The number of halogens is 1. The van der Waals surface area contributed by atoms with Crippen molar-refractivity contribution in [2.75, 3.05) is 19.6 Å². The normalized spacial score (nSPS) is 17.9. The first kappa shape index (κ1) is 29.3. The Morgan fingerprint density at radius 2 is 1.51 bits per heavy atom. The van der Waals surface area contributed by atoms with Crippen molar-refractivity contribution in [1.29, 1.82) is 0 Å². The molecule has 3 heteroatoms. The highest BCUT2D eigenvalue weighted by Gasteiger charge is 2.43. The summed E-state index contributed by atoms with van der Waals surface area (Å²) < 4.78 is 7.01.